The van der Waals surface area contributed by atoms with Gasteiger partial charge in [-0.15, -0.1) is 0 Å². The van der Waals surface area contributed by atoms with Crippen LogP contribution in [-0.4, -0.2) is 0 Å². The van der Waals surface area contributed by atoms with Crippen LogP contribution in [0.4, 0.5) is 0 Å². The largest absolute Gasteiger partial charge is 0.0870 e. The van der Waals surface area contributed by atoms with Crippen molar-refractivity contribution >= 4 is 0 Å². The fourth-order valence-corrected chi connectivity index (χ4v) is 2.84. The highest BCUT2D eigenvalue weighted by Gasteiger charge is 2.19. The van der Waals surface area contributed by atoms with Crippen molar-refractivity contribution in [1.29, 1.82) is 0 Å². The van der Waals surface area contributed by atoms with Crippen molar-refractivity contribution < 1.29 is 0 Å². The Morgan fingerprint density at radius 3 is 2.19 bits per heavy atom. The zero-order valence-corrected chi connectivity index (χ0v) is 14.1. The predicted octanol–water partition coefficient (Wildman–Crippen LogP) is 6.23. The highest BCUT2D eigenvalue weighted by atomic mass is 14.2. The van der Waals surface area contributed by atoms with E-state index in [1.54, 1.807) is 0 Å². The summed E-state index contributed by atoms with van der Waals surface area (Å²) in [5, 5.41) is 0. The van der Waals surface area contributed by atoms with Crippen LogP contribution in [0, 0.1) is 5.92 Å². The third-order valence-electron chi connectivity index (χ3n) is 4.30. The second-order valence-corrected chi connectivity index (χ2v) is 6.20. The molecule has 2 aliphatic rings. The molecule has 0 bridgehead atoms. The van der Waals surface area contributed by atoms with Crippen LogP contribution >= 0.6 is 0 Å². The average Bonchev–Trinajstić information content (AvgIpc) is 2.67. The van der Waals surface area contributed by atoms with Gasteiger partial charge in [-0.2, -0.15) is 0 Å². The summed E-state index contributed by atoms with van der Waals surface area (Å²) in [6, 6.07) is 0. The first-order valence-corrected chi connectivity index (χ1v) is 7.79. The van der Waals surface area contributed by atoms with E-state index in [2.05, 4.69) is 84.1 Å². The number of fused-ring (bicyclic) bond motifs is 1. The van der Waals surface area contributed by atoms with Crippen LogP contribution in [0.2, 0.25) is 0 Å². The molecule has 0 saturated carbocycles. The maximum Gasteiger partial charge on any atom is -0.0103 e. The fraction of sp³-hybridized carbons (Fsp3) is 0.333. The second kappa shape index (κ2) is 6.30. The lowest BCUT2D eigenvalue weighted by atomic mass is 9.88. The summed E-state index contributed by atoms with van der Waals surface area (Å²) in [7, 11) is 0. The molecule has 2 aliphatic carbocycles. The lowest BCUT2D eigenvalue weighted by Crippen LogP contribution is -1.99. The van der Waals surface area contributed by atoms with Crippen LogP contribution in [-0.2, 0) is 0 Å². The normalized spacial score (nSPS) is 19.5. The summed E-state index contributed by atoms with van der Waals surface area (Å²) < 4.78 is 0. The molecule has 110 valence electrons. The molecule has 0 aromatic rings. The number of hydrogen-bond donors (Lipinski definition) is 0. The minimum absolute atomic E-state index is 0.533. The monoisotopic (exact) mass is 278 g/mol. The van der Waals surface area contributed by atoms with E-state index in [0.29, 0.717) is 5.92 Å². The average molecular weight is 278 g/mol. The third-order valence-corrected chi connectivity index (χ3v) is 4.30. The molecule has 0 spiro atoms. The summed E-state index contributed by atoms with van der Waals surface area (Å²) >= 11 is 0. The molecule has 0 heteroatoms. The van der Waals surface area contributed by atoms with Gasteiger partial charge in [-0.3, -0.25) is 0 Å². The van der Waals surface area contributed by atoms with Crippen molar-refractivity contribution in [3.05, 3.63) is 81.5 Å². The Bertz CT molecular complexity index is 650. The highest BCUT2D eigenvalue weighted by molar-refractivity contribution is 5.68. The Morgan fingerprint density at radius 2 is 1.57 bits per heavy atom. The van der Waals surface area contributed by atoms with Crippen LogP contribution in [0.3, 0.4) is 0 Å². The highest BCUT2D eigenvalue weighted by Crippen LogP contribution is 2.37. The van der Waals surface area contributed by atoms with Gasteiger partial charge in [0.2, 0.25) is 0 Å². The molecule has 0 fully saturated rings. The lowest BCUT2D eigenvalue weighted by Gasteiger charge is -2.16. The molecular formula is C21H26. The Morgan fingerprint density at radius 1 is 0.905 bits per heavy atom. The van der Waals surface area contributed by atoms with Gasteiger partial charge in [-0.05, 0) is 72.6 Å². The van der Waals surface area contributed by atoms with E-state index in [1.165, 1.54) is 39.0 Å². The van der Waals surface area contributed by atoms with E-state index in [-0.39, 0.29) is 0 Å². The minimum atomic E-state index is 0.533. The van der Waals surface area contributed by atoms with Crippen molar-refractivity contribution in [2.24, 2.45) is 5.92 Å². The van der Waals surface area contributed by atoms with Crippen LogP contribution in [0.1, 0.15) is 41.5 Å². The SMILES string of the molecule is C/C=C/C1=CC=C(C)C(C)=C2C(C)=CC=C(C(C)C)C=C12. The number of allylic oxidation sites excluding steroid dienone is 14. The summed E-state index contributed by atoms with van der Waals surface area (Å²) in [4.78, 5) is 0. The van der Waals surface area contributed by atoms with Crippen LogP contribution in [0.25, 0.3) is 0 Å². The minimum Gasteiger partial charge on any atom is -0.0870 e. The van der Waals surface area contributed by atoms with Gasteiger partial charge in [-0.1, -0.05) is 56.4 Å². The van der Waals surface area contributed by atoms with Crippen molar-refractivity contribution in [3.8, 4) is 0 Å². The first-order valence-electron chi connectivity index (χ1n) is 7.79. The number of rotatable bonds is 2. The first-order chi connectivity index (χ1) is 9.95. The van der Waals surface area contributed by atoms with Gasteiger partial charge in [0, 0.05) is 0 Å². The van der Waals surface area contributed by atoms with Crippen molar-refractivity contribution in [3.63, 3.8) is 0 Å². The molecule has 0 aliphatic heterocycles. The molecule has 0 aromatic carbocycles. The van der Waals surface area contributed by atoms with Gasteiger partial charge in [0.25, 0.3) is 0 Å². The molecule has 0 atom stereocenters. The molecule has 0 amide bonds. The number of hydrogen-bond acceptors (Lipinski definition) is 0. The van der Waals surface area contributed by atoms with Crippen molar-refractivity contribution in [1.82, 2.24) is 0 Å². The molecule has 0 heterocycles. The molecule has 0 aromatic heterocycles. The second-order valence-electron chi connectivity index (χ2n) is 6.20. The molecule has 0 N–H and O–H groups in total. The van der Waals surface area contributed by atoms with E-state index in [1.807, 2.05) is 0 Å². The fourth-order valence-electron chi connectivity index (χ4n) is 2.84. The van der Waals surface area contributed by atoms with Gasteiger partial charge in [0.15, 0.2) is 0 Å². The zero-order chi connectivity index (χ0) is 15.6. The van der Waals surface area contributed by atoms with Crippen LogP contribution in [0.15, 0.2) is 81.5 Å². The van der Waals surface area contributed by atoms with Gasteiger partial charge < -0.3 is 0 Å². The Hall–Kier alpha value is -1.82. The predicted molar refractivity (Wildman–Crippen MR) is 94.1 cm³/mol. The topological polar surface area (TPSA) is 0 Å². The Labute approximate surface area is 129 Å². The smallest absolute Gasteiger partial charge is 0.0103 e. The van der Waals surface area contributed by atoms with E-state index in [0.717, 1.165) is 0 Å². The lowest BCUT2D eigenvalue weighted by molar-refractivity contribution is 0.791. The van der Waals surface area contributed by atoms with Crippen molar-refractivity contribution in [2.75, 3.05) is 0 Å². The van der Waals surface area contributed by atoms with E-state index in [9.17, 15) is 0 Å². The van der Waals surface area contributed by atoms with E-state index in [4.69, 9.17) is 0 Å². The molecule has 0 saturated heterocycles. The van der Waals surface area contributed by atoms with Gasteiger partial charge >= 0.3 is 0 Å². The van der Waals surface area contributed by atoms with Crippen LogP contribution < -0.4 is 0 Å². The maximum absolute atomic E-state index is 2.37. The molecule has 21 heavy (non-hydrogen) atoms. The maximum atomic E-state index is 2.37. The zero-order valence-electron chi connectivity index (χ0n) is 14.1. The molecule has 0 radical (unpaired) electrons. The molecular weight excluding hydrogens is 252 g/mol. The quantitative estimate of drug-likeness (QED) is 0.561. The van der Waals surface area contributed by atoms with E-state index >= 15 is 0 Å². The third kappa shape index (κ3) is 3.10. The van der Waals surface area contributed by atoms with E-state index < -0.39 is 0 Å². The molecule has 2 rings (SSSR count). The van der Waals surface area contributed by atoms with Gasteiger partial charge in [-0.25, -0.2) is 0 Å². The van der Waals surface area contributed by atoms with Crippen LogP contribution in [0.5, 0.6) is 0 Å². The summed E-state index contributed by atoms with van der Waals surface area (Å²) in [5.41, 5.74) is 9.49. The molecule has 0 nitrogen and oxygen atoms in total. The Balaban J connectivity index is 2.75. The van der Waals surface area contributed by atoms with Crippen molar-refractivity contribution in [2.45, 2.75) is 41.5 Å². The van der Waals surface area contributed by atoms with Gasteiger partial charge in [0.1, 0.15) is 0 Å². The first kappa shape index (κ1) is 15.6. The summed E-state index contributed by atoms with van der Waals surface area (Å²) in [6.45, 7) is 13.2. The van der Waals surface area contributed by atoms with Gasteiger partial charge in [0.05, 0.1) is 0 Å². The standard InChI is InChI=1S/C21H26/c1-7-8-18-11-9-15(4)17(6)21-16(5)10-12-19(14(2)3)13-20(18)21/h7-14H,1-6H3/b8-7+. The molecule has 0 unspecified atom stereocenters. The summed E-state index contributed by atoms with van der Waals surface area (Å²) in [5.74, 6) is 0.533. The summed E-state index contributed by atoms with van der Waals surface area (Å²) in [6.07, 6.45) is 15.7. The Kier molecular flexibility index (Phi) is 4.67.